The number of carbonyl (C=O) groups is 2. The van der Waals surface area contributed by atoms with Crippen LogP contribution in [0, 0.1) is 6.92 Å². The van der Waals surface area contributed by atoms with E-state index in [0.29, 0.717) is 18.5 Å². The van der Waals surface area contributed by atoms with Crippen molar-refractivity contribution in [3.63, 3.8) is 0 Å². The molecule has 2 heterocycles. The van der Waals surface area contributed by atoms with E-state index in [1.54, 1.807) is 0 Å². The van der Waals surface area contributed by atoms with Crippen LogP contribution in [-0.2, 0) is 4.79 Å². The van der Waals surface area contributed by atoms with Gasteiger partial charge in [0.2, 0.25) is 5.91 Å². The Morgan fingerprint density at radius 3 is 2.83 bits per heavy atom. The van der Waals surface area contributed by atoms with Crippen LogP contribution in [-0.4, -0.2) is 46.0 Å². The van der Waals surface area contributed by atoms with Gasteiger partial charge in [-0.1, -0.05) is 20.8 Å². The minimum absolute atomic E-state index is 0.0226. The Morgan fingerprint density at radius 2 is 2.17 bits per heavy atom. The molecule has 0 aliphatic carbocycles. The Hall–Kier alpha value is -1.85. The molecule has 23 heavy (non-hydrogen) atoms. The van der Waals surface area contributed by atoms with Crippen molar-refractivity contribution in [1.82, 2.24) is 20.4 Å². The van der Waals surface area contributed by atoms with Crippen LogP contribution in [0.2, 0.25) is 0 Å². The first-order valence-electron chi connectivity index (χ1n) is 8.57. The lowest BCUT2D eigenvalue weighted by Crippen LogP contribution is -2.49. The first-order valence-corrected chi connectivity index (χ1v) is 8.57. The van der Waals surface area contributed by atoms with E-state index < -0.39 is 0 Å². The van der Waals surface area contributed by atoms with Crippen molar-refractivity contribution in [2.24, 2.45) is 0 Å². The minimum Gasteiger partial charge on any atom is -0.352 e. The van der Waals surface area contributed by atoms with E-state index in [2.05, 4.69) is 15.5 Å². The molecule has 1 unspecified atom stereocenters. The van der Waals surface area contributed by atoms with E-state index >= 15 is 0 Å². The second-order valence-electron chi connectivity index (χ2n) is 6.67. The fraction of sp³-hybridized carbons (Fsp3) is 0.706. The minimum atomic E-state index is 0.0226. The lowest BCUT2D eigenvalue weighted by Gasteiger charge is -2.33. The molecule has 1 atom stereocenters. The normalized spacial score (nSPS) is 18.3. The van der Waals surface area contributed by atoms with Gasteiger partial charge in [0.1, 0.15) is 0 Å². The Morgan fingerprint density at radius 1 is 1.43 bits per heavy atom. The Kier molecular flexibility index (Phi) is 5.80. The quantitative estimate of drug-likeness (QED) is 0.874. The number of rotatable bonds is 5. The standard InChI is InChI=1S/C17H28N4O2/c1-5-7-14(22)18-13-8-6-9-21(10-13)17(23)15-12(4)19-20-16(15)11(2)3/h11,13H,5-10H2,1-4H3,(H,18,22)(H,19,20). The Bertz CT molecular complexity index is 565. The molecular formula is C17H28N4O2. The first-order chi connectivity index (χ1) is 10.9. The number of hydrogen-bond acceptors (Lipinski definition) is 3. The van der Waals surface area contributed by atoms with Crippen molar-refractivity contribution in [1.29, 1.82) is 0 Å². The van der Waals surface area contributed by atoms with E-state index in [-0.39, 0.29) is 23.8 Å². The molecule has 0 saturated carbocycles. The maximum absolute atomic E-state index is 12.9. The van der Waals surface area contributed by atoms with Crippen LogP contribution in [0.1, 0.15) is 74.1 Å². The molecule has 2 amide bonds. The van der Waals surface area contributed by atoms with Crippen molar-refractivity contribution in [3.05, 3.63) is 17.0 Å². The van der Waals surface area contributed by atoms with Gasteiger partial charge in [0, 0.05) is 31.2 Å². The predicted molar refractivity (Wildman–Crippen MR) is 89.4 cm³/mol. The molecule has 1 aliphatic rings. The molecule has 0 aromatic carbocycles. The number of likely N-dealkylation sites (tertiary alicyclic amines) is 1. The summed E-state index contributed by atoms with van der Waals surface area (Å²) in [6, 6.07) is 0.0569. The average Bonchev–Trinajstić information content (AvgIpc) is 2.89. The smallest absolute Gasteiger partial charge is 0.257 e. The largest absolute Gasteiger partial charge is 0.352 e. The van der Waals surface area contributed by atoms with Gasteiger partial charge in [-0.25, -0.2) is 0 Å². The number of hydrogen-bond donors (Lipinski definition) is 2. The molecule has 6 nitrogen and oxygen atoms in total. The Balaban J connectivity index is 2.08. The summed E-state index contributed by atoms with van der Waals surface area (Å²) in [7, 11) is 0. The highest BCUT2D eigenvalue weighted by Crippen LogP contribution is 2.23. The second kappa shape index (κ2) is 7.62. The molecule has 1 aliphatic heterocycles. The summed E-state index contributed by atoms with van der Waals surface area (Å²) in [4.78, 5) is 26.6. The number of nitrogens with zero attached hydrogens (tertiary/aromatic N) is 2. The first kappa shape index (κ1) is 17.5. The van der Waals surface area contributed by atoms with Gasteiger partial charge in [-0.05, 0) is 32.1 Å². The third-order valence-electron chi connectivity index (χ3n) is 4.29. The molecular weight excluding hydrogens is 292 g/mol. The summed E-state index contributed by atoms with van der Waals surface area (Å²) < 4.78 is 0. The molecule has 0 bridgehead atoms. The number of aryl methyl sites for hydroxylation is 1. The number of amides is 2. The van der Waals surface area contributed by atoms with Crippen LogP contribution in [0.15, 0.2) is 0 Å². The number of carbonyl (C=O) groups excluding carboxylic acids is 2. The maximum Gasteiger partial charge on any atom is 0.257 e. The molecule has 0 radical (unpaired) electrons. The lowest BCUT2D eigenvalue weighted by molar-refractivity contribution is -0.122. The number of nitrogens with one attached hydrogen (secondary N) is 2. The monoisotopic (exact) mass is 320 g/mol. The number of aromatic nitrogens is 2. The van der Waals surface area contributed by atoms with Crippen molar-refractivity contribution >= 4 is 11.8 Å². The molecule has 1 fully saturated rings. The summed E-state index contributed by atoms with van der Waals surface area (Å²) in [6.07, 6.45) is 3.23. The zero-order valence-electron chi connectivity index (χ0n) is 14.6. The van der Waals surface area contributed by atoms with Crippen molar-refractivity contribution in [2.75, 3.05) is 13.1 Å². The van der Waals surface area contributed by atoms with E-state index in [0.717, 1.165) is 37.2 Å². The van der Waals surface area contributed by atoms with Gasteiger partial charge >= 0.3 is 0 Å². The summed E-state index contributed by atoms with van der Waals surface area (Å²) in [5.41, 5.74) is 2.33. The third-order valence-corrected chi connectivity index (χ3v) is 4.29. The van der Waals surface area contributed by atoms with E-state index in [1.807, 2.05) is 32.6 Å². The van der Waals surface area contributed by atoms with Crippen LogP contribution in [0.4, 0.5) is 0 Å². The molecule has 1 aromatic heterocycles. The average molecular weight is 320 g/mol. The number of H-pyrrole nitrogens is 1. The maximum atomic E-state index is 12.9. The van der Waals surface area contributed by atoms with Crippen LogP contribution in [0.3, 0.4) is 0 Å². The third kappa shape index (κ3) is 4.12. The second-order valence-corrected chi connectivity index (χ2v) is 6.67. The molecule has 0 spiro atoms. The van der Waals surface area contributed by atoms with Gasteiger partial charge in [-0.3, -0.25) is 14.7 Å². The zero-order chi connectivity index (χ0) is 17.0. The summed E-state index contributed by atoms with van der Waals surface area (Å²) in [5, 5.41) is 10.3. The highest BCUT2D eigenvalue weighted by molar-refractivity contribution is 5.96. The summed E-state index contributed by atoms with van der Waals surface area (Å²) in [5.74, 6) is 0.298. The van der Waals surface area contributed by atoms with Gasteiger partial charge in [-0.15, -0.1) is 0 Å². The number of piperidine rings is 1. The van der Waals surface area contributed by atoms with E-state index in [4.69, 9.17) is 0 Å². The van der Waals surface area contributed by atoms with Crippen molar-refractivity contribution in [3.8, 4) is 0 Å². The topological polar surface area (TPSA) is 78.1 Å². The van der Waals surface area contributed by atoms with E-state index in [1.165, 1.54) is 0 Å². The number of aromatic amines is 1. The molecule has 1 aromatic rings. The van der Waals surface area contributed by atoms with E-state index in [9.17, 15) is 9.59 Å². The summed E-state index contributed by atoms with van der Waals surface area (Å²) >= 11 is 0. The van der Waals surface area contributed by atoms with Crippen molar-refractivity contribution < 1.29 is 9.59 Å². The highest BCUT2D eigenvalue weighted by Gasteiger charge is 2.29. The van der Waals surface area contributed by atoms with Gasteiger partial charge in [0.15, 0.2) is 0 Å². The molecule has 128 valence electrons. The molecule has 1 saturated heterocycles. The van der Waals surface area contributed by atoms with Crippen LogP contribution in [0.25, 0.3) is 0 Å². The molecule has 2 N–H and O–H groups in total. The summed E-state index contributed by atoms with van der Waals surface area (Å²) in [6.45, 7) is 9.27. The molecule has 6 heteroatoms. The lowest BCUT2D eigenvalue weighted by atomic mass is 10.0. The highest BCUT2D eigenvalue weighted by atomic mass is 16.2. The predicted octanol–water partition coefficient (Wildman–Crippen LogP) is 2.36. The SMILES string of the molecule is CCCC(=O)NC1CCCN(C(=O)c2c(C(C)C)n[nH]c2C)C1. The fourth-order valence-electron chi connectivity index (χ4n) is 3.10. The fourth-order valence-corrected chi connectivity index (χ4v) is 3.10. The van der Waals surface area contributed by atoms with Gasteiger partial charge < -0.3 is 10.2 Å². The molecule has 2 rings (SSSR count). The van der Waals surface area contributed by atoms with Crippen molar-refractivity contribution in [2.45, 2.75) is 65.3 Å². The van der Waals surface area contributed by atoms with Gasteiger partial charge in [-0.2, -0.15) is 5.10 Å². The zero-order valence-corrected chi connectivity index (χ0v) is 14.6. The Labute approximate surface area is 138 Å². The van der Waals surface area contributed by atoms with Crippen LogP contribution in [0.5, 0.6) is 0 Å². The van der Waals surface area contributed by atoms with Gasteiger partial charge in [0.05, 0.1) is 11.3 Å². The van der Waals surface area contributed by atoms with Gasteiger partial charge in [0.25, 0.3) is 5.91 Å². The van der Waals surface area contributed by atoms with Crippen LogP contribution >= 0.6 is 0 Å². The van der Waals surface area contributed by atoms with Crippen LogP contribution < -0.4 is 5.32 Å².